The lowest BCUT2D eigenvalue weighted by atomic mass is 10.1. The van der Waals surface area contributed by atoms with Gasteiger partial charge in [-0.15, -0.1) is 0 Å². The van der Waals surface area contributed by atoms with Gasteiger partial charge in [-0.2, -0.15) is 5.10 Å². The van der Waals surface area contributed by atoms with Gasteiger partial charge < -0.3 is 0 Å². The van der Waals surface area contributed by atoms with Crippen LogP contribution in [0, 0.1) is 5.82 Å². The van der Waals surface area contributed by atoms with Crippen molar-refractivity contribution in [3.8, 4) is 0 Å². The maximum atomic E-state index is 13.2. The standard InChI is InChI=1S/C9H9FN2.C2H6/c1-2-6-4-9-7(3-8(6)10)5-11-12-9;1-2/h3-5H,2H2,1H3,(H,11,12);1-2H3. The van der Waals surface area contributed by atoms with Crippen LogP contribution in [-0.4, -0.2) is 10.2 Å². The third-order valence-electron chi connectivity index (χ3n) is 1.99. The van der Waals surface area contributed by atoms with Crippen molar-refractivity contribution < 1.29 is 4.39 Å². The fourth-order valence-electron chi connectivity index (χ4n) is 1.28. The molecule has 1 N–H and O–H groups in total. The van der Waals surface area contributed by atoms with Gasteiger partial charge in [0.15, 0.2) is 0 Å². The molecular weight excluding hydrogens is 179 g/mol. The lowest BCUT2D eigenvalue weighted by Crippen LogP contribution is -1.86. The number of hydrogen-bond donors (Lipinski definition) is 1. The Hall–Kier alpha value is -1.38. The Balaban J connectivity index is 0.000000461. The molecule has 0 aliphatic rings. The summed E-state index contributed by atoms with van der Waals surface area (Å²) in [6.45, 7) is 5.93. The maximum Gasteiger partial charge on any atom is 0.127 e. The number of nitrogens with zero attached hydrogens (tertiary/aromatic N) is 1. The van der Waals surface area contributed by atoms with Gasteiger partial charge in [0, 0.05) is 5.39 Å². The van der Waals surface area contributed by atoms with Gasteiger partial charge in [-0.3, -0.25) is 5.10 Å². The molecule has 0 radical (unpaired) electrons. The van der Waals surface area contributed by atoms with E-state index in [1.54, 1.807) is 12.3 Å². The summed E-state index contributed by atoms with van der Waals surface area (Å²) in [6.07, 6.45) is 2.33. The molecule has 0 saturated carbocycles. The number of aromatic amines is 1. The predicted octanol–water partition coefficient (Wildman–Crippen LogP) is 3.29. The van der Waals surface area contributed by atoms with Gasteiger partial charge in [-0.05, 0) is 24.1 Å². The fraction of sp³-hybridized carbons (Fsp3) is 0.364. The van der Waals surface area contributed by atoms with E-state index < -0.39 is 0 Å². The molecule has 2 rings (SSSR count). The monoisotopic (exact) mass is 194 g/mol. The van der Waals surface area contributed by atoms with Gasteiger partial charge in [0.1, 0.15) is 5.82 Å². The summed E-state index contributed by atoms with van der Waals surface area (Å²) in [4.78, 5) is 0. The molecule has 2 nitrogen and oxygen atoms in total. The van der Waals surface area contributed by atoms with Crippen LogP contribution in [0.1, 0.15) is 26.3 Å². The lowest BCUT2D eigenvalue weighted by Gasteiger charge is -1.98. The van der Waals surface area contributed by atoms with E-state index >= 15 is 0 Å². The Morgan fingerprint density at radius 3 is 2.71 bits per heavy atom. The summed E-state index contributed by atoms with van der Waals surface area (Å²) in [5.74, 6) is -0.147. The van der Waals surface area contributed by atoms with Crippen LogP contribution in [0.5, 0.6) is 0 Å². The molecule has 0 bridgehead atoms. The summed E-state index contributed by atoms with van der Waals surface area (Å²) < 4.78 is 13.2. The molecule has 0 saturated heterocycles. The van der Waals surface area contributed by atoms with Crippen LogP contribution in [0.2, 0.25) is 0 Å². The third-order valence-corrected chi connectivity index (χ3v) is 1.99. The quantitative estimate of drug-likeness (QED) is 0.741. The molecular formula is C11H15FN2. The molecule has 1 heterocycles. The Morgan fingerprint density at radius 1 is 1.36 bits per heavy atom. The average molecular weight is 194 g/mol. The number of nitrogens with one attached hydrogen (secondary N) is 1. The van der Waals surface area contributed by atoms with Crippen LogP contribution in [0.15, 0.2) is 18.3 Å². The number of benzene rings is 1. The molecule has 0 aliphatic heterocycles. The molecule has 14 heavy (non-hydrogen) atoms. The first-order valence-electron chi connectivity index (χ1n) is 4.92. The zero-order valence-electron chi connectivity index (χ0n) is 8.76. The van der Waals surface area contributed by atoms with E-state index in [1.807, 2.05) is 20.8 Å². The smallest absolute Gasteiger partial charge is 0.127 e. The molecule has 3 heteroatoms. The van der Waals surface area contributed by atoms with E-state index in [-0.39, 0.29) is 5.82 Å². The van der Waals surface area contributed by atoms with Gasteiger partial charge in [0.2, 0.25) is 0 Å². The number of halogens is 1. The first kappa shape index (κ1) is 10.7. The molecule has 0 amide bonds. The Morgan fingerprint density at radius 2 is 2.07 bits per heavy atom. The molecule has 2 aromatic rings. The SMILES string of the molecule is CC.CCc1cc2[nH]ncc2cc1F. The number of aryl methyl sites for hydroxylation is 1. The maximum absolute atomic E-state index is 13.2. The second kappa shape index (κ2) is 4.74. The molecule has 0 atom stereocenters. The first-order chi connectivity index (χ1) is 6.81. The summed E-state index contributed by atoms with van der Waals surface area (Å²) in [5.41, 5.74) is 1.63. The minimum absolute atomic E-state index is 0.147. The van der Waals surface area contributed by atoms with Crippen LogP contribution in [0.4, 0.5) is 4.39 Å². The van der Waals surface area contributed by atoms with Crippen molar-refractivity contribution in [1.82, 2.24) is 10.2 Å². The highest BCUT2D eigenvalue weighted by Gasteiger charge is 2.03. The first-order valence-corrected chi connectivity index (χ1v) is 4.92. The van der Waals surface area contributed by atoms with Crippen molar-refractivity contribution in [2.45, 2.75) is 27.2 Å². The molecule has 0 unspecified atom stereocenters. The summed E-state index contributed by atoms with van der Waals surface area (Å²) in [7, 11) is 0. The zero-order chi connectivity index (χ0) is 10.6. The summed E-state index contributed by atoms with van der Waals surface area (Å²) in [5, 5.41) is 7.45. The van der Waals surface area contributed by atoms with Crippen LogP contribution in [-0.2, 0) is 6.42 Å². The molecule has 0 fully saturated rings. The lowest BCUT2D eigenvalue weighted by molar-refractivity contribution is 0.614. The van der Waals surface area contributed by atoms with E-state index in [1.165, 1.54) is 6.07 Å². The molecule has 1 aromatic carbocycles. The number of hydrogen-bond acceptors (Lipinski definition) is 1. The van der Waals surface area contributed by atoms with Gasteiger partial charge in [-0.1, -0.05) is 20.8 Å². The Kier molecular flexibility index (Phi) is 3.63. The largest absolute Gasteiger partial charge is 0.278 e. The number of aromatic nitrogens is 2. The van der Waals surface area contributed by atoms with E-state index in [4.69, 9.17) is 0 Å². The van der Waals surface area contributed by atoms with E-state index in [0.29, 0.717) is 6.42 Å². The number of rotatable bonds is 1. The van der Waals surface area contributed by atoms with Gasteiger partial charge in [-0.25, -0.2) is 4.39 Å². The predicted molar refractivity (Wildman–Crippen MR) is 56.8 cm³/mol. The van der Waals surface area contributed by atoms with Crippen LogP contribution in [0.25, 0.3) is 10.9 Å². The second-order valence-corrected chi connectivity index (χ2v) is 2.75. The van der Waals surface area contributed by atoms with Crippen LogP contribution < -0.4 is 0 Å². The minimum atomic E-state index is -0.147. The highest BCUT2D eigenvalue weighted by Crippen LogP contribution is 2.16. The van der Waals surface area contributed by atoms with E-state index in [2.05, 4.69) is 10.2 Å². The second-order valence-electron chi connectivity index (χ2n) is 2.75. The van der Waals surface area contributed by atoms with E-state index in [9.17, 15) is 4.39 Å². The topological polar surface area (TPSA) is 28.7 Å². The average Bonchev–Trinajstić information content (AvgIpc) is 2.66. The minimum Gasteiger partial charge on any atom is -0.278 e. The highest BCUT2D eigenvalue weighted by atomic mass is 19.1. The zero-order valence-corrected chi connectivity index (χ0v) is 8.76. The van der Waals surface area contributed by atoms with Crippen LogP contribution in [0.3, 0.4) is 0 Å². The van der Waals surface area contributed by atoms with Crippen molar-refractivity contribution in [2.24, 2.45) is 0 Å². The number of fused-ring (bicyclic) bond motifs is 1. The third kappa shape index (κ3) is 1.92. The van der Waals surface area contributed by atoms with Gasteiger partial charge >= 0.3 is 0 Å². The number of H-pyrrole nitrogens is 1. The molecule has 1 aromatic heterocycles. The van der Waals surface area contributed by atoms with Crippen molar-refractivity contribution in [2.75, 3.05) is 0 Å². The van der Waals surface area contributed by atoms with Gasteiger partial charge in [0.25, 0.3) is 0 Å². The normalized spacial score (nSPS) is 9.71. The van der Waals surface area contributed by atoms with Crippen molar-refractivity contribution in [1.29, 1.82) is 0 Å². The summed E-state index contributed by atoms with van der Waals surface area (Å²) >= 11 is 0. The van der Waals surface area contributed by atoms with Gasteiger partial charge in [0.05, 0.1) is 11.7 Å². The Bertz CT molecular complexity index is 407. The molecule has 76 valence electrons. The van der Waals surface area contributed by atoms with Crippen LogP contribution >= 0.6 is 0 Å². The fourth-order valence-corrected chi connectivity index (χ4v) is 1.28. The molecule has 0 aliphatic carbocycles. The van der Waals surface area contributed by atoms with Crippen molar-refractivity contribution in [3.05, 3.63) is 29.7 Å². The summed E-state index contributed by atoms with van der Waals surface area (Å²) in [6, 6.07) is 3.31. The highest BCUT2D eigenvalue weighted by molar-refractivity contribution is 5.78. The molecule has 0 spiro atoms. The Labute approximate surface area is 83.1 Å². The van der Waals surface area contributed by atoms with E-state index in [0.717, 1.165) is 16.5 Å². The van der Waals surface area contributed by atoms with Crippen molar-refractivity contribution in [3.63, 3.8) is 0 Å². The van der Waals surface area contributed by atoms with Crippen molar-refractivity contribution >= 4 is 10.9 Å².